The molecule has 0 aromatic carbocycles. The Hall–Kier alpha value is -2.58. The molecule has 0 radical (unpaired) electrons. The molecule has 4 amide bonds. The average molecular weight is 310 g/mol. The first-order chi connectivity index (χ1) is 10.1. The molecule has 0 saturated heterocycles. The summed E-state index contributed by atoms with van der Waals surface area (Å²) in [5.74, 6) is -0.606. The zero-order valence-electron chi connectivity index (χ0n) is 13.1. The molecule has 22 heavy (non-hydrogen) atoms. The molecule has 1 heterocycles. The second-order valence-electron chi connectivity index (χ2n) is 5.92. The van der Waals surface area contributed by atoms with Crippen molar-refractivity contribution in [2.75, 3.05) is 5.32 Å². The lowest BCUT2D eigenvalue weighted by Gasteiger charge is -2.21. The Kier molecular flexibility index (Phi) is 5.50. The van der Waals surface area contributed by atoms with Crippen LogP contribution in [0.1, 0.15) is 27.7 Å². The van der Waals surface area contributed by atoms with Crippen LogP contribution in [-0.4, -0.2) is 39.2 Å². The van der Waals surface area contributed by atoms with E-state index in [0.29, 0.717) is 5.82 Å². The quantitative estimate of drug-likeness (QED) is 0.598. The Morgan fingerprint density at radius 1 is 1.36 bits per heavy atom. The highest BCUT2D eigenvalue weighted by Crippen LogP contribution is 2.04. The Bertz CT molecular complexity index is 560. The number of anilines is 1. The molecule has 1 rings (SSSR count). The van der Waals surface area contributed by atoms with Gasteiger partial charge in [-0.05, 0) is 27.7 Å². The number of rotatable bonds is 5. The maximum atomic E-state index is 11.9. The van der Waals surface area contributed by atoms with Crippen molar-refractivity contribution in [2.24, 2.45) is 5.73 Å². The average Bonchev–Trinajstić information content (AvgIpc) is 2.72. The van der Waals surface area contributed by atoms with Crippen LogP contribution in [0.4, 0.5) is 10.6 Å². The van der Waals surface area contributed by atoms with Crippen LogP contribution < -0.4 is 21.7 Å². The molecule has 0 fully saturated rings. The van der Waals surface area contributed by atoms with Gasteiger partial charge in [0.15, 0.2) is 0 Å². The topological polar surface area (TPSA) is 131 Å². The molecule has 9 nitrogen and oxygen atoms in total. The minimum Gasteiger partial charge on any atom is -0.368 e. The maximum Gasteiger partial charge on any atom is 0.321 e. The summed E-state index contributed by atoms with van der Waals surface area (Å²) < 4.78 is 1.35. The van der Waals surface area contributed by atoms with Crippen LogP contribution >= 0.6 is 0 Å². The Morgan fingerprint density at radius 3 is 2.55 bits per heavy atom. The van der Waals surface area contributed by atoms with Gasteiger partial charge in [0, 0.05) is 17.8 Å². The second kappa shape index (κ2) is 6.92. The van der Waals surface area contributed by atoms with Crippen molar-refractivity contribution in [3.05, 3.63) is 12.3 Å². The molecule has 0 unspecified atom stereocenters. The highest BCUT2D eigenvalue weighted by Gasteiger charge is 2.19. The molecule has 0 aliphatic carbocycles. The van der Waals surface area contributed by atoms with Gasteiger partial charge in [0.2, 0.25) is 11.8 Å². The third-order valence-electron chi connectivity index (χ3n) is 2.44. The van der Waals surface area contributed by atoms with Crippen molar-refractivity contribution in [3.8, 4) is 0 Å². The number of carbonyl (C=O) groups excluding carboxylic acids is 3. The summed E-state index contributed by atoms with van der Waals surface area (Å²) in [6, 6.07) is 0.357. The van der Waals surface area contributed by atoms with Gasteiger partial charge in [-0.1, -0.05) is 0 Å². The Labute approximate surface area is 128 Å². The zero-order valence-corrected chi connectivity index (χ0v) is 13.1. The van der Waals surface area contributed by atoms with Crippen LogP contribution in [0.3, 0.4) is 0 Å². The van der Waals surface area contributed by atoms with Crippen molar-refractivity contribution in [3.63, 3.8) is 0 Å². The van der Waals surface area contributed by atoms with Crippen molar-refractivity contribution in [2.45, 2.75) is 45.8 Å². The fourth-order valence-corrected chi connectivity index (χ4v) is 1.57. The fourth-order valence-electron chi connectivity index (χ4n) is 1.57. The van der Waals surface area contributed by atoms with E-state index in [2.05, 4.69) is 21.0 Å². The van der Waals surface area contributed by atoms with E-state index in [-0.39, 0.29) is 6.54 Å². The summed E-state index contributed by atoms with van der Waals surface area (Å²) in [4.78, 5) is 34.3. The number of amides is 4. The van der Waals surface area contributed by atoms with Gasteiger partial charge < -0.3 is 16.4 Å². The lowest BCUT2D eigenvalue weighted by molar-refractivity contribution is -0.120. The molecule has 1 atom stereocenters. The Balaban J connectivity index is 2.52. The fraction of sp³-hybridized carbons (Fsp3) is 0.538. The summed E-state index contributed by atoms with van der Waals surface area (Å²) in [6.07, 6.45) is 1.56. The van der Waals surface area contributed by atoms with Crippen molar-refractivity contribution >= 4 is 23.7 Å². The van der Waals surface area contributed by atoms with Crippen LogP contribution in [0, 0.1) is 0 Å². The SMILES string of the molecule is C[C@H](Nc1ccn(CC(N)=O)n1)C(=O)NC(=O)NC(C)(C)C. The molecule has 0 aliphatic heterocycles. The molecule has 0 spiro atoms. The molecule has 0 bridgehead atoms. The number of carbonyl (C=O) groups is 3. The van der Waals surface area contributed by atoms with Gasteiger partial charge in [0.25, 0.3) is 0 Å². The lowest BCUT2D eigenvalue weighted by Crippen LogP contribution is -2.51. The molecule has 1 aromatic rings. The van der Waals surface area contributed by atoms with E-state index in [4.69, 9.17) is 5.73 Å². The first kappa shape index (κ1) is 17.5. The third-order valence-corrected chi connectivity index (χ3v) is 2.44. The van der Waals surface area contributed by atoms with Crippen molar-refractivity contribution in [1.82, 2.24) is 20.4 Å². The number of nitrogens with one attached hydrogen (secondary N) is 3. The second-order valence-corrected chi connectivity index (χ2v) is 5.92. The summed E-state index contributed by atoms with van der Waals surface area (Å²) in [6.45, 7) is 6.97. The number of imide groups is 1. The zero-order chi connectivity index (χ0) is 16.9. The van der Waals surface area contributed by atoms with Crippen LogP contribution in [0.2, 0.25) is 0 Å². The van der Waals surface area contributed by atoms with Crippen LogP contribution in [0.15, 0.2) is 12.3 Å². The molecule has 122 valence electrons. The number of aromatic nitrogens is 2. The number of nitrogens with two attached hydrogens (primary N) is 1. The monoisotopic (exact) mass is 310 g/mol. The number of primary amides is 1. The van der Waals surface area contributed by atoms with Gasteiger partial charge in [-0.3, -0.25) is 19.6 Å². The van der Waals surface area contributed by atoms with E-state index in [1.54, 1.807) is 19.2 Å². The van der Waals surface area contributed by atoms with E-state index >= 15 is 0 Å². The predicted molar refractivity (Wildman–Crippen MR) is 80.9 cm³/mol. The van der Waals surface area contributed by atoms with E-state index < -0.39 is 29.4 Å². The van der Waals surface area contributed by atoms with E-state index in [9.17, 15) is 14.4 Å². The van der Waals surface area contributed by atoms with Crippen molar-refractivity contribution in [1.29, 1.82) is 0 Å². The van der Waals surface area contributed by atoms with Gasteiger partial charge in [-0.15, -0.1) is 0 Å². The van der Waals surface area contributed by atoms with Crippen LogP contribution in [0.5, 0.6) is 0 Å². The summed E-state index contributed by atoms with van der Waals surface area (Å²) in [7, 11) is 0. The van der Waals surface area contributed by atoms with Crippen molar-refractivity contribution < 1.29 is 14.4 Å². The largest absolute Gasteiger partial charge is 0.368 e. The highest BCUT2D eigenvalue weighted by atomic mass is 16.2. The van der Waals surface area contributed by atoms with Gasteiger partial charge >= 0.3 is 6.03 Å². The minimum atomic E-state index is -0.678. The van der Waals surface area contributed by atoms with E-state index in [1.165, 1.54) is 4.68 Å². The standard InChI is InChI=1S/C13H22N6O3/c1-8(11(21)16-12(22)17-13(2,3)4)15-10-5-6-19(18-10)7-9(14)20/h5-6,8H,7H2,1-4H3,(H2,14,20)(H,15,18)(H2,16,17,21,22)/t8-/m0/s1. The molecule has 1 aromatic heterocycles. The first-order valence-corrected chi connectivity index (χ1v) is 6.78. The molecular formula is C13H22N6O3. The summed E-state index contributed by atoms with van der Waals surface area (Å²) >= 11 is 0. The normalized spacial score (nSPS) is 12.4. The van der Waals surface area contributed by atoms with Gasteiger partial charge in [-0.25, -0.2) is 4.79 Å². The smallest absolute Gasteiger partial charge is 0.321 e. The summed E-state index contributed by atoms with van der Waals surface area (Å²) in [5.41, 5.74) is 4.62. The van der Waals surface area contributed by atoms with E-state index in [0.717, 1.165) is 0 Å². The minimum absolute atomic E-state index is 0.0454. The number of nitrogens with zero attached hydrogens (tertiary/aromatic N) is 2. The first-order valence-electron chi connectivity index (χ1n) is 6.78. The maximum absolute atomic E-state index is 11.9. The van der Waals surface area contributed by atoms with Gasteiger partial charge in [-0.2, -0.15) is 5.10 Å². The molecular weight excluding hydrogens is 288 g/mol. The van der Waals surface area contributed by atoms with Crippen LogP contribution in [-0.2, 0) is 16.1 Å². The molecule has 0 saturated carbocycles. The number of hydrogen-bond donors (Lipinski definition) is 4. The third kappa shape index (κ3) is 6.25. The van der Waals surface area contributed by atoms with Crippen LogP contribution in [0.25, 0.3) is 0 Å². The Morgan fingerprint density at radius 2 is 2.00 bits per heavy atom. The predicted octanol–water partition coefficient (Wildman–Crippen LogP) is -0.207. The summed E-state index contributed by atoms with van der Waals surface area (Å²) in [5, 5.41) is 11.7. The number of urea groups is 1. The lowest BCUT2D eigenvalue weighted by atomic mass is 10.1. The molecule has 9 heteroatoms. The van der Waals surface area contributed by atoms with Gasteiger partial charge in [0.05, 0.1) is 0 Å². The molecule has 0 aliphatic rings. The number of hydrogen-bond acceptors (Lipinski definition) is 5. The van der Waals surface area contributed by atoms with Gasteiger partial charge in [0.1, 0.15) is 18.4 Å². The highest BCUT2D eigenvalue weighted by molar-refractivity contribution is 5.98. The van der Waals surface area contributed by atoms with E-state index in [1.807, 2.05) is 20.8 Å². The molecule has 5 N–H and O–H groups in total.